The summed E-state index contributed by atoms with van der Waals surface area (Å²) in [6.07, 6.45) is 0. The lowest BCUT2D eigenvalue weighted by Crippen LogP contribution is -2.05. The van der Waals surface area contributed by atoms with E-state index in [4.69, 9.17) is 5.73 Å². The molecule has 0 unspecified atom stereocenters. The minimum atomic E-state index is -0.230. The molecular weight excluding hydrogens is 331 g/mol. The lowest BCUT2D eigenvalue weighted by Gasteiger charge is -2.11. The molecule has 3 rings (SSSR count). The number of nitrogens with zero attached hydrogens (tertiary/aromatic N) is 2. The van der Waals surface area contributed by atoms with Crippen LogP contribution in [-0.4, -0.2) is 22.5 Å². The number of thioether (sulfide) groups is 1. The number of nitrogens with one attached hydrogen (secondary N) is 1. The van der Waals surface area contributed by atoms with Crippen LogP contribution in [0.5, 0.6) is 0 Å². The molecule has 0 saturated carbocycles. The normalized spacial score (nSPS) is 10.7. The molecule has 0 amide bonds. The Morgan fingerprint density at radius 1 is 1.09 bits per heavy atom. The maximum absolute atomic E-state index is 13.1. The molecular formula is C16H15FN4S2. The lowest BCUT2D eigenvalue weighted by atomic mass is 10.0. The third kappa shape index (κ3) is 4.20. The Labute approximate surface area is 142 Å². The number of aromatic nitrogens is 2. The highest BCUT2D eigenvalue weighted by Crippen LogP contribution is 2.28. The van der Waals surface area contributed by atoms with Crippen molar-refractivity contribution in [3.63, 3.8) is 0 Å². The smallest absolute Gasteiger partial charge is 0.203 e. The average molecular weight is 346 g/mol. The van der Waals surface area contributed by atoms with E-state index < -0.39 is 0 Å². The fourth-order valence-corrected chi connectivity index (χ4v) is 3.68. The highest BCUT2D eigenvalue weighted by molar-refractivity contribution is 8.01. The molecule has 0 bridgehead atoms. The van der Waals surface area contributed by atoms with Crippen molar-refractivity contribution in [3.8, 4) is 11.1 Å². The molecule has 7 heteroatoms. The number of hydrogen-bond donors (Lipinski definition) is 2. The van der Waals surface area contributed by atoms with E-state index in [0.29, 0.717) is 5.13 Å². The van der Waals surface area contributed by atoms with E-state index in [2.05, 4.69) is 15.5 Å². The number of benzene rings is 2. The molecule has 1 aromatic heterocycles. The van der Waals surface area contributed by atoms with Crippen molar-refractivity contribution in [2.75, 3.05) is 23.3 Å². The molecule has 0 fully saturated rings. The molecule has 0 aliphatic rings. The Morgan fingerprint density at radius 3 is 2.61 bits per heavy atom. The number of hydrogen-bond acceptors (Lipinski definition) is 6. The first-order valence-electron chi connectivity index (χ1n) is 7.03. The summed E-state index contributed by atoms with van der Waals surface area (Å²) in [6, 6.07) is 14.5. The Kier molecular flexibility index (Phi) is 5.09. The first-order chi connectivity index (χ1) is 11.2. The van der Waals surface area contributed by atoms with Crippen LogP contribution in [0.15, 0.2) is 52.9 Å². The van der Waals surface area contributed by atoms with Gasteiger partial charge in [-0.15, -0.1) is 10.2 Å². The topological polar surface area (TPSA) is 63.8 Å². The van der Waals surface area contributed by atoms with Crippen LogP contribution in [0, 0.1) is 5.82 Å². The predicted molar refractivity (Wildman–Crippen MR) is 95.4 cm³/mol. The second-order valence-electron chi connectivity index (χ2n) is 4.73. The van der Waals surface area contributed by atoms with Gasteiger partial charge >= 0.3 is 0 Å². The first-order valence-corrected chi connectivity index (χ1v) is 8.83. The maximum Gasteiger partial charge on any atom is 0.203 e. The van der Waals surface area contributed by atoms with Gasteiger partial charge in [-0.25, -0.2) is 4.39 Å². The maximum atomic E-state index is 13.1. The van der Waals surface area contributed by atoms with Crippen molar-refractivity contribution >= 4 is 33.9 Å². The molecule has 118 valence electrons. The second kappa shape index (κ2) is 7.43. The van der Waals surface area contributed by atoms with Gasteiger partial charge in [0.25, 0.3) is 0 Å². The van der Waals surface area contributed by atoms with Crippen LogP contribution in [0.25, 0.3) is 11.1 Å². The van der Waals surface area contributed by atoms with Crippen molar-refractivity contribution in [2.45, 2.75) is 4.34 Å². The fraction of sp³-hybridized carbons (Fsp3) is 0.125. The molecule has 3 aromatic rings. The third-order valence-electron chi connectivity index (χ3n) is 3.15. The van der Waals surface area contributed by atoms with E-state index >= 15 is 0 Å². The summed E-state index contributed by atoms with van der Waals surface area (Å²) in [5.41, 5.74) is 8.62. The number of rotatable bonds is 6. The van der Waals surface area contributed by atoms with Crippen LogP contribution in [0.3, 0.4) is 0 Å². The molecule has 0 aliphatic heterocycles. The van der Waals surface area contributed by atoms with Crippen LogP contribution in [-0.2, 0) is 0 Å². The molecule has 1 heterocycles. The van der Waals surface area contributed by atoms with Crippen LogP contribution in [0.2, 0.25) is 0 Å². The van der Waals surface area contributed by atoms with Gasteiger partial charge in [0.05, 0.1) is 0 Å². The van der Waals surface area contributed by atoms with Gasteiger partial charge in [0.1, 0.15) is 5.82 Å². The largest absolute Gasteiger partial charge is 0.384 e. The van der Waals surface area contributed by atoms with Crippen LogP contribution in [0.4, 0.5) is 15.2 Å². The van der Waals surface area contributed by atoms with Gasteiger partial charge in [-0.2, -0.15) is 0 Å². The highest BCUT2D eigenvalue weighted by Gasteiger charge is 2.05. The molecule has 0 spiro atoms. The van der Waals surface area contributed by atoms with Crippen molar-refractivity contribution in [1.82, 2.24) is 10.2 Å². The summed E-state index contributed by atoms with van der Waals surface area (Å²) in [4.78, 5) is 0. The Balaban J connectivity index is 1.63. The zero-order chi connectivity index (χ0) is 16.1. The van der Waals surface area contributed by atoms with Crippen molar-refractivity contribution < 1.29 is 4.39 Å². The molecule has 0 aliphatic carbocycles. The molecule has 0 saturated heterocycles. The van der Waals surface area contributed by atoms with Gasteiger partial charge in [0, 0.05) is 23.5 Å². The van der Waals surface area contributed by atoms with Gasteiger partial charge in [-0.3, -0.25) is 0 Å². The van der Waals surface area contributed by atoms with E-state index in [1.54, 1.807) is 23.9 Å². The van der Waals surface area contributed by atoms with Gasteiger partial charge in [0.15, 0.2) is 4.34 Å². The van der Waals surface area contributed by atoms with E-state index in [1.807, 2.05) is 24.3 Å². The number of halogens is 1. The zero-order valence-electron chi connectivity index (χ0n) is 12.2. The minimum Gasteiger partial charge on any atom is -0.384 e. The van der Waals surface area contributed by atoms with Gasteiger partial charge < -0.3 is 11.1 Å². The molecule has 2 aromatic carbocycles. The quantitative estimate of drug-likeness (QED) is 0.519. The molecule has 4 nitrogen and oxygen atoms in total. The van der Waals surface area contributed by atoms with Crippen molar-refractivity contribution in [1.29, 1.82) is 0 Å². The number of anilines is 2. The summed E-state index contributed by atoms with van der Waals surface area (Å²) in [5.74, 6) is 0.624. The Hall–Kier alpha value is -2.12. The average Bonchev–Trinajstić information content (AvgIpc) is 2.98. The second-order valence-corrected chi connectivity index (χ2v) is 7.09. The van der Waals surface area contributed by atoms with E-state index in [0.717, 1.165) is 33.5 Å². The van der Waals surface area contributed by atoms with Crippen LogP contribution >= 0.6 is 23.1 Å². The van der Waals surface area contributed by atoms with Crippen molar-refractivity contribution in [2.24, 2.45) is 0 Å². The fourth-order valence-electron chi connectivity index (χ4n) is 2.12. The summed E-state index contributed by atoms with van der Waals surface area (Å²) in [7, 11) is 0. The summed E-state index contributed by atoms with van der Waals surface area (Å²) in [5, 5.41) is 11.7. The van der Waals surface area contributed by atoms with E-state index in [-0.39, 0.29) is 5.82 Å². The molecule has 23 heavy (non-hydrogen) atoms. The van der Waals surface area contributed by atoms with Gasteiger partial charge in [0.2, 0.25) is 5.13 Å². The monoisotopic (exact) mass is 346 g/mol. The number of nitrogen functional groups attached to an aromatic ring is 1. The lowest BCUT2D eigenvalue weighted by molar-refractivity contribution is 0.628. The first kappa shape index (κ1) is 15.8. The summed E-state index contributed by atoms with van der Waals surface area (Å²) >= 11 is 3.01. The number of nitrogens with two attached hydrogens (primary N) is 1. The van der Waals surface area contributed by atoms with Crippen molar-refractivity contribution in [3.05, 3.63) is 54.3 Å². The number of para-hydroxylation sites is 1. The van der Waals surface area contributed by atoms with Gasteiger partial charge in [-0.05, 0) is 23.8 Å². The van der Waals surface area contributed by atoms with Gasteiger partial charge in [-0.1, -0.05) is 53.4 Å². The predicted octanol–water partition coefficient (Wildman–Crippen LogP) is 4.13. The summed E-state index contributed by atoms with van der Waals surface area (Å²) in [6.45, 7) is 0.780. The third-order valence-corrected chi connectivity index (χ3v) is 5.03. The minimum absolute atomic E-state index is 0.230. The highest BCUT2D eigenvalue weighted by atomic mass is 32.2. The zero-order valence-corrected chi connectivity index (χ0v) is 13.8. The van der Waals surface area contributed by atoms with E-state index in [1.165, 1.54) is 23.5 Å². The SMILES string of the molecule is Nc1nnc(SCCNc2ccccc2-c2ccc(F)cc2)s1. The van der Waals surface area contributed by atoms with Crippen LogP contribution < -0.4 is 11.1 Å². The Bertz CT molecular complexity index is 774. The molecule has 0 atom stereocenters. The van der Waals surface area contributed by atoms with E-state index in [9.17, 15) is 4.39 Å². The Morgan fingerprint density at radius 2 is 1.87 bits per heavy atom. The molecule has 3 N–H and O–H groups in total. The molecule has 0 radical (unpaired) electrons. The van der Waals surface area contributed by atoms with Crippen LogP contribution in [0.1, 0.15) is 0 Å². The summed E-state index contributed by atoms with van der Waals surface area (Å²) < 4.78 is 13.9. The standard InChI is InChI=1S/C16H15FN4S2/c17-12-7-5-11(6-8-12)13-3-1-2-4-14(13)19-9-10-22-16-21-20-15(18)23-16/h1-8,19H,9-10H2,(H2,18,20).